The number of aromatic nitrogens is 4. The minimum absolute atomic E-state index is 0.335. The summed E-state index contributed by atoms with van der Waals surface area (Å²) < 4.78 is 8.55. The quantitative estimate of drug-likeness (QED) is 0.698. The zero-order valence-electron chi connectivity index (χ0n) is 12.4. The summed E-state index contributed by atoms with van der Waals surface area (Å²) in [6, 6.07) is 0. The second kappa shape index (κ2) is 5.00. The lowest BCUT2D eigenvalue weighted by Gasteiger charge is -1.99. The van der Waals surface area contributed by atoms with Crippen molar-refractivity contribution in [2.24, 2.45) is 0 Å². The van der Waals surface area contributed by atoms with Crippen LogP contribution in [0.2, 0.25) is 0 Å². The summed E-state index contributed by atoms with van der Waals surface area (Å²) in [4.78, 5) is 17.4. The zero-order chi connectivity index (χ0) is 15.1. The second-order valence-corrected chi connectivity index (χ2v) is 5.77. The normalized spacial score (nSPS) is 11.2. The molecule has 0 spiro atoms. The monoisotopic (exact) mass is 304 g/mol. The number of nitrogens with zero attached hydrogens (tertiary/aromatic N) is 4. The minimum atomic E-state index is -0.335. The van der Waals surface area contributed by atoms with Gasteiger partial charge in [-0.25, -0.2) is 9.78 Å². The molecule has 0 fully saturated rings. The van der Waals surface area contributed by atoms with Crippen molar-refractivity contribution >= 4 is 22.3 Å². The highest BCUT2D eigenvalue weighted by atomic mass is 32.1. The molecule has 0 aromatic carbocycles. The minimum Gasteiger partial charge on any atom is -0.465 e. The van der Waals surface area contributed by atoms with Gasteiger partial charge in [0.25, 0.3) is 0 Å². The molecule has 0 radical (unpaired) electrons. The number of ether oxygens (including phenoxy) is 1. The van der Waals surface area contributed by atoms with Crippen LogP contribution >= 0.6 is 11.3 Å². The van der Waals surface area contributed by atoms with Crippen LogP contribution in [0.5, 0.6) is 0 Å². The van der Waals surface area contributed by atoms with E-state index in [1.54, 1.807) is 6.20 Å². The van der Waals surface area contributed by atoms with Crippen LogP contribution in [0.1, 0.15) is 28.0 Å². The Balaban J connectivity index is 2.08. The molecule has 3 aromatic rings. The Morgan fingerprint density at radius 2 is 2.14 bits per heavy atom. The number of thiazole rings is 1. The lowest BCUT2D eigenvalue weighted by atomic mass is 10.1. The highest BCUT2D eigenvalue weighted by Gasteiger charge is 2.18. The molecule has 7 heteroatoms. The van der Waals surface area contributed by atoms with Crippen LogP contribution in [0.4, 0.5) is 0 Å². The number of methoxy groups -OCH3 is 1. The maximum Gasteiger partial charge on any atom is 0.349 e. The lowest BCUT2D eigenvalue weighted by molar-refractivity contribution is 0.0606. The maximum absolute atomic E-state index is 11.5. The molecule has 0 atom stereocenters. The van der Waals surface area contributed by atoms with Crippen molar-refractivity contribution in [2.45, 2.75) is 27.3 Å². The van der Waals surface area contributed by atoms with E-state index in [0.717, 1.165) is 34.2 Å². The molecular formula is C14H16N4O2S. The first kappa shape index (κ1) is 13.8. The molecule has 0 unspecified atom stereocenters. The lowest BCUT2D eigenvalue weighted by Crippen LogP contribution is -1.98. The van der Waals surface area contributed by atoms with Gasteiger partial charge in [0.05, 0.1) is 18.5 Å². The van der Waals surface area contributed by atoms with E-state index >= 15 is 0 Å². The molecule has 3 aromatic heterocycles. The second-order valence-electron chi connectivity index (χ2n) is 4.76. The summed E-state index contributed by atoms with van der Waals surface area (Å²) in [6.45, 7) is 6.94. The van der Waals surface area contributed by atoms with Crippen LogP contribution < -0.4 is 0 Å². The summed E-state index contributed by atoms with van der Waals surface area (Å²) >= 11 is 1.32. The third-order valence-electron chi connectivity index (χ3n) is 3.48. The Morgan fingerprint density at radius 3 is 2.71 bits per heavy atom. The van der Waals surface area contributed by atoms with Gasteiger partial charge >= 0.3 is 5.97 Å². The number of fused-ring (bicyclic) bond motifs is 1. The van der Waals surface area contributed by atoms with Crippen LogP contribution in [-0.4, -0.2) is 32.2 Å². The Kier molecular flexibility index (Phi) is 3.29. The zero-order valence-corrected chi connectivity index (χ0v) is 13.2. The SMILES string of the molecule is CCn1nc(C)c(-c2cn3cc(C(=O)OC)sc3n2)c1C. The molecule has 6 nitrogen and oxygen atoms in total. The van der Waals surface area contributed by atoms with E-state index in [2.05, 4.69) is 17.0 Å². The van der Waals surface area contributed by atoms with Gasteiger partial charge in [-0.05, 0) is 20.8 Å². The summed E-state index contributed by atoms with van der Waals surface area (Å²) in [7, 11) is 1.38. The van der Waals surface area contributed by atoms with E-state index in [9.17, 15) is 4.79 Å². The first-order valence-electron chi connectivity index (χ1n) is 6.66. The van der Waals surface area contributed by atoms with Gasteiger partial charge in [-0.2, -0.15) is 5.10 Å². The number of carbonyl (C=O) groups excluding carboxylic acids is 1. The molecule has 0 saturated carbocycles. The van der Waals surface area contributed by atoms with Crippen molar-refractivity contribution in [3.05, 3.63) is 28.7 Å². The predicted octanol–water partition coefficient (Wildman–Crippen LogP) is 2.68. The molecule has 110 valence electrons. The average Bonchev–Trinajstić information content (AvgIpc) is 3.09. The molecule has 0 aliphatic rings. The Labute approximate surface area is 126 Å². The van der Waals surface area contributed by atoms with E-state index < -0.39 is 0 Å². The molecule has 0 bridgehead atoms. The van der Waals surface area contributed by atoms with Crippen LogP contribution in [0.3, 0.4) is 0 Å². The van der Waals surface area contributed by atoms with Gasteiger partial charge in [0.15, 0.2) is 4.96 Å². The first-order chi connectivity index (χ1) is 10.0. The summed E-state index contributed by atoms with van der Waals surface area (Å²) in [5, 5.41) is 4.52. The number of aryl methyl sites for hydroxylation is 2. The van der Waals surface area contributed by atoms with Crippen molar-refractivity contribution in [1.82, 2.24) is 19.2 Å². The van der Waals surface area contributed by atoms with Crippen molar-refractivity contribution in [2.75, 3.05) is 7.11 Å². The third kappa shape index (κ3) is 2.13. The number of imidazole rings is 1. The number of carbonyl (C=O) groups is 1. The summed E-state index contributed by atoms with van der Waals surface area (Å²) in [5.41, 5.74) is 4.02. The van der Waals surface area contributed by atoms with Gasteiger partial charge in [0.2, 0.25) is 0 Å². The largest absolute Gasteiger partial charge is 0.465 e. The van der Waals surface area contributed by atoms with Crippen molar-refractivity contribution < 1.29 is 9.53 Å². The van der Waals surface area contributed by atoms with E-state index in [1.807, 2.05) is 29.1 Å². The fourth-order valence-corrected chi connectivity index (χ4v) is 3.37. The van der Waals surface area contributed by atoms with Gasteiger partial charge in [-0.3, -0.25) is 9.08 Å². The van der Waals surface area contributed by atoms with Gasteiger partial charge < -0.3 is 4.74 Å². The van der Waals surface area contributed by atoms with Gasteiger partial charge in [-0.15, -0.1) is 0 Å². The number of hydrogen-bond acceptors (Lipinski definition) is 5. The van der Waals surface area contributed by atoms with Gasteiger partial charge in [-0.1, -0.05) is 11.3 Å². The number of rotatable bonds is 3. The summed E-state index contributed by atoms with van der Waals surface area (Å²) in [6.07, 6.45) is 3.67. The molecule has 0 saturated heterocycles. The van der Waals surface area contributed by atoms with Crippen molar-refractivity contribution in [3.8, 4) is 11.3 Å². The van der Waals surface area contributed by atoms with Crippen molar-refractivity contribution in [3.63, 3.8) is 0 Å². The van der Waals surface area contributed by atoms with E-state index in [-0.39, 0.29) is 5.97 Å². The van der Waals surface area contributed by atoms with Crippen LogP contribution in [0, 0.1) is 13.8 Å². The average molecular weight is 304 g/mol. The maximum atomic E-state index is 11.5. The predicted molar refractivity (Wildman–Crippen MR) is 80.8 cm³/mol. The standard InChI is InChI=1S/C14H16N4O2S/c1-5-18-9(3)12(8(2)16-18)10-6-17-7-11(13(19)20-4)21-14(17)15-10/h6-7H,5H2,1-4H3. The topological polar surface area (TPSA) is 61.4 Å². The van der Waals surface area contributed by atoms with Crippen LogP contribution in [0.25, 0.3) is 16.2 Å². The smallest absolute Gasteiger partial charge is 0.349 e. The summed E-state index contributed by atoms with van der Waals surface area (Å²) in [5.74, 6) is -0.335. The van der Waals surface area contributed by atoms with E-state index in [0.29, 0.717) is 4.88 Å². The van der Waals surface area contributed by atoms with E-state index in [1.165, 1.54) is 18.4 Å². The number of esters is 1. The van der Waals surface area contributed by atoms with Crippen LogP contribution in [-0.2, 0) is 11.3 Å². The van der Waals surface area contributed by atoms with E-state index in [4.69, 9.17) is 4.74 Å². The Hall–Kier alpha value is -2.15. The molecular weight excluding hydrogens is 288 g/mol. The first-order valence-corrected chi connectivity index (χ1v) is 7.48. The fraction of sp³-hybridized carbons (Fsp3) is 0.357. The molecule has 3 rings (SSSR count). The molecule has 0 N–H and O–H groups in total. The fourth-order valence-electron chi connectivity index (χ4n) is 2.49. The van der Waals surface area contributed by atoms with Crippen LogP contribution in [0.15, 0.2) is 12.4 Å². The van der Waals surface area contributed by atoms with Crippen molar-refractivity contribution in [1.29, 1.82) is 0 Å². The Bertz CT molecular complexity index is 796. The third-order valence-corrected chi connectivity index (χ3v) is 4.46. The highest BCUT2D eigenvalue weighted by molar-refractivity contribution is 7.18. The van der Waals surface area contributed by atoms with Gasteiger partial charge in [0.1, 0.15) is 4.88 Å². The molecule has 0 aliphatic carbocycles. The molecule has 21 heavy (non-hydrogen) atoms. The molecule has 3 heterocycles. The van der Waals surface area contributed by atoms with Gasteiger partial charge in [0, 0.05) is 30.2 Å². The Morgan fingerprint density at radius 1 is 1.38 bits per heavy atom. The molecule has 0 amide bonds. The molecule has 0 aliphatic heterocycles. The number of hydrogen-bond donors (Lipinski definition) is 0. The highest BCUT2D eigenvalue weighted by Crippen LogP contribution is 2.28.